The number of aliphatic imine (C=N–C) groups is 1. The molecule has 696 valence electrons. The third-order valence-corrected chi connectivity index (χ3v) is 34.1. The minimum absolute atomic E-state index is 0.510. The molecular weight excluding hydrogens is 1500 g/mol. The fourth-order valence-electron chi connectivity index (χ4n) is 27.7. The number of rotatable bonds is 3. The number of nitrogens with zero attached hydrogens (tertiary/aromatic N) is 24. The van der Waals surface area contributed by atoms with Crippen molar-refractivity contribution in [3.63, 3.8) is 0 Å². The van der Waals surface area contributed by atoms with Gasteiger partial charge >= 0.3 is 0 Å². The Morgan fingerprint density at radius 1 is 0.273 bits per heavy atom. The summed E-state index contributed by atoms with van der Waals surface area (Å²) in [6.45, 7) is 54.5. The van der Waals surface area contributed by atoms with E-state index in [0.717, 1.165) is 66.5 Å². The normalized spacial score (nSPS) is 37.5. The molecule has 28 aliphatic rings. The van der Waals surface area contributed by atoms with E-state index in [4.69, 9.17) is 0 Å². The van der Waals surface area contributed by atoms with E-state index in [-0.39, 0.29) is 0 Å². The molecule has 23 heterocycles. The molecule has 0 aromatic rings. The number of fused-ring (bicyclic) bond motifs is 10. The molecule has 27 fully saturated rings. The van der Waals surface area contributed by atoms with Crippen LogP contribution in [0.4, 0.5) is 0 Å². The van der Waals surface area contributed by atoms with Gasteiger partial charge in [-0.25, -0.2) is 100 Å². The van der Waals surface area contributed by atoms with Crippen LogP contribution in [0.25, 0.3) is 0 Å². The molecule has 5 aliphatic carbocycles. The average molecular weight is 1690 g/mol. The van der Waals surface area contributed by atoms with Crippen LogP contribution in [0.5, 0.6) is 0 Å². The molecule has 0 N–H and O–H groups in total. The van der Waals surface area contributed by atoms with Crippen LogP contribution in [-0.2, 0) is 0 Å². The zero-order chi connectivity index (χ0) is 84.0. The summed E-state index contributed by atoms with van der Waals surface area (Å²) in [6.07, 6.45) is 49.5. The fraction of sp³-hybridized carbons (Fsp3) is 0.990. The van der Waals surface area contributed by atoms with Gasteiger partial charge in [-0.05, 0) is 233 Å². The number of piperidine rings is 2. The van der Waals surface area contributed by atoms with Gasteiger partial charge in [-0.3, -0.25) is 14.8 Å². The van der Waals surface area contributed by atoms with Crippen LogP contribution < -0.4 is 0 Å². The van der Waals surface area contributed by atoms with Crippen molar-refractivity contribution in [3.05, 3.63) is 0 Å². The Morgan fingerprint density at radius 3 is 0.884 bits per heavy atom. The van der Waals surface area contributed by atoms with Gasteiger partial charge in [-0.15, -0.1) is 0 Å². The van der Waals surface area contributed by atoms with Gasteiger partial charge in [0.25, 0.3) is 0 Å². The van der Waals surface area contributed by atoms with E-state index in [0.29, 0.717) is 10.8 Å². The van der Waals surface area contributed by atoms with Gasteiger partial charge in [0.2, 0.25) is 0 Å². The monoisotopic (exact) mass is 1690 g/mol. The lowest BCUT2D eigenvalue weighted by molar-refractivity contribution is -0.271. The number of hydrogen-bond acceptors (Lipinski definition) is 24. The van der Waals surface area contributed by atoms with E-state index in [2.05, 4.69) is 204 Å². The first-order valence-corrected chi connectivity index (χ1v) is 52.3. The summed E-state index contributed by atoms with van der Waals surface area (Å²) in [4.78, 5) is 12.1. The molecule has 8 bridgehead atoms. The van der Waals surface area contributed by atoms with Crippen LogP contribution in [0.15, 0.2) is 4.99 Å². The van der Waals surface area contributed by atoms with Crippen molar-refractivity contribution >= 4 is 5.84 Å². The SMILES string of the molecule is C1CC2C(C1)C1C3C4CC5C3C2N2C5C4N12.C1CCC2=NCCCN2CC1.C1CCN(N2CCCC2)CC1.C1CCN2CCCCN2C1.C1CCN2CCCCN2CC1.C1CN2CCCN2C1.C1CN2CCN1CC2.CC1(C)CN2CC(C)(C)CN2C1.CN(C)N1CCCC1.CN(C)N1CCCCC1.CN1C2CCC(C2)N1C.CN1CCCCN1C. The summed E-state index contributed by atoms with van der Waals surface area (Å²) >= 11 is 0. The summed E-state index contributed by atoms with van der Waals surface area (Å²) in [6, 6.07) is 5.95. The largest absolute Gasteiger partial charge is 0.360 e. The highest BCUT2D eigenvalue weighted by molar-refractivity contribution is 5.83. The highest BCUT2D eigenvalue weighted by atomic mass is 15.8. The van der Waals surface area contributed by atoms with Crippen LogP contribution >= 0.6 is 0 Å². The third-order valence-electron chi connectivity index (χ3n) is 34.1. The summed E-state index contributed by atoms with van der Waals surface area (Å²) in [5.41, 5.74) is 1.02. The number of hydrazine groups is 10. The lowest BCUT2D eigenvalue weighted by Gasteiger charge is -2.64. The van der Waals surface area contributed by atoms with Gasteiger partial charge in [0, 0.05) is 328 Å². The lowest BCUT2D eigenvalue weighted by atomic mass is 9.62. The topological polar surface area (TPSA) is 86.9 Å². The minimum Gasteiger partial charge on any atom is -0.360 e. The fourth-order valence-corrected chi connectivity index (χ4v) is 27.7. The van der Waals surface area contributed by atoms with Gasteiger partial charge in [0.05, 0.1) is 5.84 Å². The van der Waals surface area contributed by atoms with Crippen molar-refractivity contribution in [3.8, 4) is 0 Å². The molecule has 22 saturated heterocycles. The first-order valence-electron chi connectivity index (χ1n) is 52.3. The third kappa shape index (κ3) is 24.3. The van der Waals surface area contributed by atoms with Crippen molar-refractivity contribution in [1.29, 1.82) is 0 Å². The molecule has 0 radical (unpaired) electrons. The van der Waals surface area contributed by atoms with Crippen LogP contribution in [-0.4, -0.2) is 442 Å². The van der Waals surface area contributed by atoms with Crippen molar-refractivity contribution in [2.75, 3.05) is 285 Å². The molecule has 0 aromatic carbocycles. The standard InChI is InChI=1S/C14H18N2.C10H20N2.2C9H18N2.C9H16N2.C8H16N2.C7H14N2.C7H16N2.2C6H12N2.2C6H14N2/c1-2-5-6(3-1)12-10-8-4-7-9(10)11(5)15-13(7)14(8)16(12)15;1-9(2)5-11-7-10(3,4)8-12(11)6-9;1-2-6-10-8-4-5-9-11(10)7-3-1;1-2-6-10(7-3-1)11-8-4-5-9-11;1-2-5-9-10-6-4-8-11(9)7-3-1;1-2-6-10-8-4-3-7-9(10)5-1;1-8-6-3-4-7(5-6)9(8)2;1-8(2)9-6-4-3-5-7-9;1-3-7-5-2-6-8(7)4-1;1-2-8-5-3-7(1)4-6-8;1-7-5-3-4-6-8(7)2;1-7(2)8-5-3-4-6-8/h5-14H,1-4H2;5-8H2,1-4H3;2*1-9H2;1-8H2;1-8H2;6-7H,3-5H2,1-2H3;3-7H2,1-2H3;2*1-6H2;2*3-6H2,1-2H3. The maximum atomic E-state index is 4.55. The Kier molecular flexibility index (Phi) is 35.5. The molecule has 12 atom stereocenters. The summed E-state index contributed by atoms with van der Waals surface area (Å²) in [7, 11) is 17.1. The van der Waals surface area contributed by atoms with Gasteiger partial charge < -0.3 is 4.90 Å². The van der Waals surface area contributed by atoms with Gasteiger partial charge in [-0.2, -0.15) is 0 Å². The number of hydrogen-bond donors (Lipinski definition) is 0. The smallest absolute Gasteiger partial charge is 0.0988 e. The van der Waals surface area contributed by atoms with Crippen LogP contribution in [0, 0.1) is 46.3 Å². The second-order valence-electron chi connectivity index (χ2n) is 44.2. The van der Waals surface area contributed by atoms with Gasteiger partial charge in [0.1, 0.15) is 0 Å². The second kappa shape index (κ2) is 45.6. The predicted molar refractivity (Wildman–Crippen MR) is 500 cm³/mol. The molecule has 23 aliphatic heterocycles. The molecule has 28 rings (SSSR count). The second-order valence-corrected chi connectivity index (χ2v) is 44.2. The highest BCUT2D eigenvalue weighted by Gasteiger charge is 2.86. The van der Waals surface area contributed by atoms with E-state index in [1.807, 2.05) is 0 Å². The first-order chi connectivity index (χ1) is 58.8. The van der Waals surface area contributed by atoms with E-state index < -0.39 is 0 Å². The molecular formula is C97H188N24. The first kappa shape index (κ1) is 94.2. The molecule has 5 saturated carbocycles. The number of amidine groups is 1. The molecule has 0 spiro atoms. The Bertz CT molecular complexity index is 2810. The van der Waals surface area contributed by atoms with Crippen LogP contribution in [0.3, 0.4) is 0 Å². The molecule has 24 heteroatoms. The Hall–Kier alpha value is -1.41. The van der Waals surface area contributed by atoms with Crippen LogP contribution in [0.2, 0.25) is 0 Å². The predicted octanol–water partition coefficient (Wildman–Crippen LogP) is 11.3. The number of piperazine rings is 3. The maximum Gasteiger partial charge on any atom is 0.0988 e. The zero-order valence-electron chi connectivity index (χ0n) is 80.7. The van der Waals surface area contributed by atoms with Crippen molar-refractivity contribution in [1.82, 2.24) is 115 Å². The zero-order valence-corrected chi connectivity index (χ0v) is 80.7. The highest BCUT2D eigenvalue weighted by Crippen LogP contribution is 2.79. The molecule has 12 unspecified atom stereocenters. The average Bonchev–Trinajstić information content (AvgIpc) is 1.44. The van der Waals surface area contributed by atoms with Gasteiger partial charge in [-0.1, -0.05) is 59.8 Å². The Morgan fingerprint density at radius 2 is 0.570 bits per heavy atom. The Balaban J connectivity index is 0.000000103. The Labute approximate surface area is 742 Å². The van der Waals surface area contributed by atoms with Crippen LogP contribution in [0.1, 0.15) is 252 Å². The van der Waals surface area contributed by atoms with Crippen molar-refractivity contribution < 1.29 is 0 Å². The van der Waals surface area contributed by atoms with E-state index >= 15 is 0 Å². The minimum atomic E-state index is 0.510. The molecule has 24 nitrogen and oxygen atoms in total. The quantitative estimate of drug-likeness (QED) is 0.268. The van der Waals surface area contributed by atoms with E-state index in [9.17, 15) is 0 Å². The van der Waals surface area contributed by atoms with Gasteiger partial charge in [0.15, 0.2) is 0 Å². The van der Waals surface area contributed by atoms with E-state index in [1.54, 1.807) is 25.7 Å². The summed E-state index contributed by atoms with van der Waals surface area (Å²) in [5, 5.41) is 49.6. The van der Waals surface area contributed by atoms with Crippen molar-refractivity contribution in [2.24, 2.45) is 51.3 Å². The maximum absolute atomic E-state index is 4.55. The molecule has 0 aromatic heterocycles. The van der Waals surface area contributed by atoms with E-state index in [1.165, 1.54) is 439 Å². The molecule has 121 heavy (non-hydrogen) atoms. The lowest BCUT2D eigenvalue weighted by Crippen LogP contribution is -2.76. The molecule has 0 amide bonds. The summed E-state index contributed by atoms with van der Waals surface area (Å²) in [5.74, 6) is 8.33. The summed E-state index contributed by atoms with van der Waals surface area (Å²) < 4.78 is 0. The van der Waals surface area contributed by atoms with Crippen molar-refractivity contribution in [2.45, 2.75) is 289 Å².